The highest BCUT2D eigenvalue weighted by atomic mass is 16.4. The van der Waals surface area contributed by atoms with Gasteiger partial charge in [-0.2, -0.15) is 0 Å². The minimum Gasteiger partial charge on any atom is -0.480 e. The van der Waals surface area contributed by atoms with E-state index in [9.17, 15) is 9.90 Å². The van der Waals surface area contributed by atoms with Crippen LogP contribution >= 0.6 is 0 Å². The van der Waals surface area contributed by atoms with Crippen molar-refractivity contribution in [3.63, 3.8) is 0 Å². The van der Waals surface area contributed by atoms with Gasteiger partial charge >= 0.3 is 5.97 Å². The molecule has 1 aliphatic heterocycles. The Balaban J connectivity index is 2.33. The van der Waals surface area contributed by atoms with E-state index in [2.05, 4.69) is 37.8 Å². The Labute approximate surface area is 115 Å². The summed E-state index contributed by atoms with van der Waals surface area (Å²) in [5.74, 6) is -0.231. The Morgan fingerprint density at radius 2 is 2.00 bits per heavy atom. The van der Waals surface area contributed by atoms with Crippen molar-refractivity contribution in [1.29, 1.82) is 0 Å². The molecule has 1 aromatic carbocycles. The van der Waals surface area contributed by atoms with Gasteiger partial charge in [0.15, 0.2) is 0 Å². The lowest BCUT2D eigenvalue weighted by atomic mass is 9.89. The molecule has 104 valence electrons. The minimum absolute atomic E-state index is 0.328. The van der Waals surface area contributed by atoms with Gasteiger partial charge in [0.1, 0.15) is 6.04 Å². The average Bonchev–Trinajstić information content (AvgIpc) is 2.38. The van der Waals surface area contributed by atoms with Gasteiger partial charge in [0, 0.05) is 12.6 Å². The minimum atomic E-state index is -0.700. The number of hydrogen-bond donors (Lipinski definition) is 1. The van der Waals surface area contributed by atoms with Crippen molar-refractivity contribution >= 4 is 5.97 Å². The SMILES string of the molecule is CCC(C(C)C)N1Cc2ccccc2CC1C(=O)O. The standard InChI is InChI=1S/C16H23NO2/c1-4-14(11(2)3)17-10-13-8-6-5-7-12(13)9-15(17)16(18)19/h5-8,11,14-15H,4,9-10H2,1-3H3,(H,18,19). The monoisotopic (exact) mass is 261 g/mol. The number of carboxylic acids is 1. The summed E-state index contributed by atoms with van der Waals surface area (Å²) in [4.78, 5) is 13.8. The summed E-state index contributed by atoms with van der Waals surface area (Å²) in [6.45, 7) is 7.25. The van der Waals surface area contributed by atoms with Crippen LogP contribution < -0.4 is 0 Å². The zero-order chi connectivity index (χ0) is 14.0. The van der Waals surface area contributed by atoms with E-state index >= 15 is 0 Å². The molecule has 0 spiro atoms. The van der Waals surface area contributed by atoms with Crippen molar-refractivity contribution in [2.24, 2.45) is 5.92 Å². The maximum Gasteiger partial charge on any atom is 0.321 e. The second-order valence-corrected chi connectivity index (χ2v) is 5.72. The fourth-order valence-electron chi connectivity index (χ4n) is 3.21. The summed E-state index contributed by atoms with van der Waals surface area (Å²) >= 11 is 0. The Bertz CT molecular complexity index is 456. The number of nitrogens with zero attached hydrogens (tertiary/aromatic N) is 1. The number of carbonyl (C=O) groups is 1. The van der Waals surface area contributed by atoms with Crippen LogP contribution in [0.2, 0.25) is 0 Å². The fraction of sp³-hybridized carbons (Fsp3) is 0.562. The summed E-state index contributed by atoms with van der Waals surface area (Å²) in [6.07, 6.45) is 1.61. The predicted molar refractivity (Wildman–Crippen MR) is 76.0 cm³/mol. The second kappa shape index (κ2) is 5.74. The molecule has 1 N–H and O–H groups in total. The van der Waals surface area contributed by atoms with E-state index in [0.717, 1.165) is 13.0 Å². The Hall–Kier alpha value is -1.35. The number of rotatable bonds is 4. The largest absolute Gasteiger partial charge is 0.480 e. The normalized spacial score (nSPS) is 21.2. The molecule has 0 saturated heterocycles. The van der Waals surface area contributed by atoms with Gasteiger partial charge in [0.25, 0.3) is 0 Å². The molecule has 0 bridgehead atoms. The smallest absolute Gasteiger partial charge is 0.321 e. The zero-order valence-corrected chi connectivity index (χ0v) is 12.0. The van der Waals surface area contributed by atoms with E-state index in [-0.39, 0.29) is 6.04 Å². The van der Waals surface area contributed by atoms with Crippen LogP contribution in [-0.4, -0.2) is 28.1 Å². The predicted octanol–water partition coefficient (Wildman–Crippen LogP) is 2.93. The van der Waals surface area contributed by atoms with E-state index in [0.29, 0.717) is 18.4 Å². The number of fused-ring (bicyclic) bond motifs is 1. The van der Waals surface area contributed by atoms with Gasteiger partial charge in [-0.3, -0.25) is 9.69 Å². The van der Waals surface area contributed by atoms with Crippen LogP contribution in [0.15, 0.2) is 24.3 Å². The van der Waals surface area contributed by atoms with Crippen LogP contribution in [0, 0.1) is 5.92 Å². The molecular weight excluding hydrogens is 238 g/mol. The molecule has 1 aliphatic rings. The van der Waals surface area contributed by atoms with Gasteiger partial charge in [-0.1, -0.05) is 45.0 Å². The van der Waals surface area contributed by atoms with E-state index in [1.54, 1.807) is 0 Å². The van der Waals surface area contributed by atoms with Crippen molar-refractivity contribution < 1.29 is 9.90 Å². The second-order valence-electron chi connectivity index (χ2n) is 5.72. The molecule has 0 amide bonds. The van der Waals surface area contributed by atoms with Gasteiger partial charge in [0.05, 0.1) is 0 Å². The van der Waals surface area contributed by atoms with Crippen LogP contribution in [0.25, 0.3) is 0 Å². The Morgan fingerprint density at radius 1 is 1.37 bits per heavy atom. The zero-order valence-electron chi connectivity index (χ0n) is 12.0. The van der Waals surface area contributed by atoms with Crippen molar-refractivity contribution in [3.8, 4) is 0 Å². The van der Waals surface area contributed by atoms with E-state index in [1.807, 2.05) is 12.1 Å². The first-order valence-corrected chi connectivity index (χ1v) is 7.10. The van der Waals surface area contributed by atoms with Crippen molar-refractivity contribution in [1.82, 2.24) is 4.90 Å². The molecule has 2 rings (SSSR count). The van der Waals surface area contributed by atoms with Crippen molar-refractivity contribution in [2.45, 2.75) is 52.2 Å². The third-order valence-corrected chi connectivity index (χ3v) is 4.18. The molecule has 1 heterocycles. The molecule has 2 atom stereocenters. The molecular formula is C16H23NO2. The lowest BCUT2D eigenvalue weighted by Gasteiger charge is -2.41. The first-order valence-electron chi connectivity index (χ1n) is 7.10. The van der Waals surface area contributed by atoms with E-state index in [4.69, 9.17) is 0 Å². The lowest BCUT2D eigenvalue weighted by molar-refractivity contribution is -0.145. The van der Waals surface area contributed by atoms with Crippen LogP contribution in [0.4, 0.5) is 0 Å². The van der Waals surface area contributed by atoms with Crippen molar-refractivity contribution in [2.75, 3.05) is 0 Å². The van der Waals surface area contributed by atoms with Gasteiger partial charge in [-0.05, 0) is 29.9 Å². The molecule has 2 unspecified atom stereocenters. The third-order valence-electron chi connectivity index (χ3n) is 4.18. The first kappa shape index (κ1) is 14.1. The highest BCUT2D eigenvalue weighted by Crippen LogP contribution is 2.28. The van der Waals surface area contributed by atoms with E-state index < -0.39 is 5.97 Å². The molecule has 3 heteroatoms. The molecule has 0 saturated carbocycles. The maximum atomic E-state index is 11.6. The molecule has 0 aliphatic carbocycles. The van der Waals surface area contributed by atoms with Gasteiger partial charge in [0.2, 0.25) is 0 Å². The summed E-state index contributed by atoms with van der Waals surface area (Å²) < 4.78 is 0. The maximum absolute atomic E-state index is 11.6. The van der Waals surface area contributed by atoms with Crippen LogP contribution in [-0.2, 0) is 17.8 Å². The summed E-state index contributed by atoms with van der Waals surface area (Å²) in [5, 5.41) is 9.52. The third kappa shape index (κ3) is 2.81. The highest BCUT2D eigenvalue weighted by Gasteiger charge is 2.35. The van der Waals surface area contributed by atoms with Gasteiger partial charge < -0.3 is 5.11 Å². The molecule has 0 radical (unpaired) electrons. The topological polar surface area (TPSA) is 40.5 Å². The number of hydrogen-bond acceptors (Lipinski definition) is 2. The van der Waals surface area contributed by atoms with Crippen LogP contribution in [0.5, 0.6) is 0 Å². The van der Waals surface area contributed by atoms with Crippen LogP contribution in [0.3, 0.4) is 0 Å². The molecule has 3 nitrogen and oxygen atoms in total. The molecule has 0 aromatic heterocycles. The summed E-state index contributed by atoms with van der Waals surface area (Å²) in [7, 11) is 0. The van der Waals surface area contributed by atoms with Gasteiger partial charge in [-0.25, -0.2) is 0 Å². The Morgan fingerprint density at radius 3 is 2.53 bits per heavy atom. The number of aliphatic carboxylic acids is 1. The molecule has 0 fully saturated rings. The van der Waals surface area contributed by atoms with Gasteiger partial charge in [-0.15, -0.1) is 0 Å². The number of benzene rings is 1. The average molecular weight is 261 g/mol. The fourth-order valence-corrected chi connectivity index (χ4v) is 3.21. The summed E-state index contributed by atoms with van der Waals surface area (Å²) in [6, 6.07) is 8.14. The molecule has 19 heavy (non-hydrogen) atoms. The van der Waals surface area contributed by atoms with Crippen LogP contribution in [0.1, 0.15) is 38.3 Å². The van der Waals surface area contributed by atoms with Crippen molar-refractivity contribution in [3.05, 3.63) is 35.4 Å². The first-order chi connectivity index (χ1) is 9.04. The lowest BCUT2D eigenvalue weighted by Crippen LogP contribution is -2.52. The highest BCUT2D eigenvalue weighted by molar-refractivity contribution is 5.74. The summed E-state index contributed by atoms with van der Waals surface area (Å²) in [5.41, 5.74) is 2.46. The Kier molecular flexibility index (Phi) is 4.25. The van der Waals surface area contributed by atoms with E-state index in [1.165, 1.54) is 11.1 Å². The quantitative estimate of drug-likeness (QED) is 0.906. The molecule has 1 aromatic rings. The number of carboxylic acid groups (broad SMARTS) is 1.